The molecule has 1 aliphatic rings. The van der Waals surface area contributed by atoms with Crippen LogP contribution in [0.3, 0.4) is 0 Å². The highest BCUT2D eigenvalue weighted by molar-refractivity contribution is 5.87. The van der Waals surface area contributed by atoms with Crippen molar-refractivity contribution in [2.75, 3.05) is 6.61 Å². The number of ether oxygens (including phenoxy) is 3. The monoisotopic (exact) mass is 214 g/mol. The van der Waals surface area contributed by atoms with Crippen molar-refractivity contribution in [3.05, 3.63) is 12.2 Å². The molecule has 2 atom stereocenters. The Bertz CT molecular complexity index is 309. The minimum absolute atomic E-state index is 0.0361. The number of cyclic esters (lactones) is 2. The van der Waals surface area contributed by atoms with Gasteiger partial charge in [0.15, 0.2) is 5.60 Å². The maximum Gasteiger partial charge on any atom is 0.509 e. The normalized spacial score (nSPS) is 29.3. The van der Waals surface area contributed by atoms with Gasteiger partial charge in [-0.25, -0.2) is 9.59 Å². The summed E-state index contributed by atoms with van der Waals surface area (Å²) in [4.78, 5) is 22.0. The molecule has 15 heavy (non-hydrogen) atoms. The molecule has 0 saturated carbocycles. The zero-order valence-corrected chi connectivity index (χ0v) is 9.03. The second kappa shape index (κ2) is 3.92. The lowest BCUT2D eigenvalue weighted by Gasteiger charge is -2.23. The molecule has 0 aromatic carbocycles. The first-order valence-corrected chi connectivity index (χ1v) is 4.57. The Morgan fingerprint density at radius 1 is 1.67 bits per heavy atom. The van der Waals surface area contributed by atoms with Gasteiger partial charge in [0.2, 0.25) is 0 Å². The molecule has 0 bridgehead atoms. The van der Waals surface area contributed by atoms with Crippen LogP contribution in [0.5, 0.6) is 0 Å². The quantitative estimate of drug-likeness (QED) is 0.525. The van der Waals surface area contributed by atoms with Crippen LogP contribution in [0.15, 0.2) is 12.2 Å². The molecule has 0 spiro atoms. The Hall–Kier alpha value is -1.52. The van der Waals surface area contributed by atoms with Gasteiger partial charge in [0.25, 0.3) is 0 Å². The largest absolute Gasteiger partial charge is 0.509 e. The molecule has 1 aliphatic heterocycles. The van der Waals surface area contributed by atoms with Gasteiger partial charge in [0.05, 0.1) is 0 Å². The highest BCUT2D eigenvalue weighted by Crippen LogP contribution is 2.27. The van der Waals surface area contributed by atoms with Crippen molar-refractivity contribution >= 4 is 12.1 Å². The summed E-state index contributed by atoms with van der Waals surface area (Å²) in [7, 11) is 0. The summed E-state index contributed by atoms with van der Waals surface area (Å²) in [6.07, 6.45) is -1.18. The summed E-state index contributed by atoms with van der Waals surface area (Å²) in [5, 5.41) is 0. The van der Waals surface area contributed by atoms with Crippen molar-refractivity contribution in [1.29, 1.82) is 0 Å². The Kier molecular flexibility index (Phi) is 3.02. The SMILES string of the molecule is C=C(C)C(=O)OCC1(C)OC(=O)OC1C. The number of carbonyl (C=O) groups is 2. The molecule has 0 aliphatic carbocycles. The van der Waals surface area contributed by atoms with E-state index >= 15 is 0 Å². The van der Waals surface area contributed by atoms with Crippen molar-refractivity contribution in [2.45, 2.75) is 32.5 Å². The van der Waals surface area contributed by atoms with Gasteiger partial charge in [0, 0.05) is 5.57 Å². The van der Waals surface area contributed by atoms with Gasteiger partial charge in [-0.2, -0.15) is 0 Å². The van der Waals surface area contributed by atoms with E-state index in [1.165, 1.54) is 0 Å². The fraction of sp³-hybridized carbons (Fsp3) is 0.600. The molecular weight excluding hydrogens is 200 g/mol. The lowest BCUT2D eigenvalue weighted by Crippen LogP contribution is -2.40. The lowest BCUT2D eigenvalue weighted by molar-refractivity contribution is -0.145. The van der Waals surface area contributed by atoms with Crippen LogP contribution in [-0.4, -0.2) is 30.4 Å². The first-order chi connectivity index (χ1) is 6.85. The Labute approximate surface area is 88.0 Å². The number of rotatable bonds is 3. The van der Waals surface area contributed by atoms with Crippen LogP contribution in [-0.2, 0) is 19.0 Å². The fourth-order valence-corrected chi connectivity index (χ4v) is 1.05. The van der Waals surface area contributed by atoms with Crippen LogP contribution in [0.2, 0.25) is 0 Å². The van der Waals surface area contributed by atoms with Crippen molar-refractivity contribution in [3.63, 3.8) is 0 Å². The van der Waals surface area contributed by atoms with Crippen molar-refractivity contribution in [1.82, 2.24) is 0 Å². The Morgan fingerprint density at radius 2 is 2.27 bits per heavy atom. The highest BCUT2D eigenvalue weighted by Gasteiger charge is 2.46. The van der Waals surface area contributed by atoms with E-state index in [1.807, 2.05) is 0 Å². The average molecular weight is 214 g/mol. The van der Waals surface area contributed by atoms with E-state index in [2.05, 4.69) is 6.58 Å². The van der Waals surface area contributed by atoms with Crippen LogP contribution in [0.4, 0.5) is 4.79 Å². The molecule has 84 valence electrons. The van der Waals surface area contributed by atoms with E-state index in [4.69, 9.17) is 14.2 Å². The molecule has 1 saturated heterocycles. The average Bonchev–Trinajstić information content (AvgIpc) is 2.37. The van der Waals surface area contributed by atoms with E-state index in [-0.39, 0.29) is 6.61 Å². The Balaban J connectivity index is 2.54. The molecule has 1 rings (SSSR count). The lowest BCUT2D eigenvalue weighted by atomic mass is 10.0. The minimum Gasteiger partial charge on any atom is -0.458 e. The molecule has 0 radical (unpaired) electrons. The van der Waals surface area contributed by atoms with E-state index in [1.54, 1.807) is 20.8 Å². The third-order valence-corrected chi connectivity index (χ3v) is 2.29. The summed E-state index contributed by atoms with van der Waals surface area (Å²) in [5.41, 5.74) is -0.612. The predicted molar refractivity (Wildman–Crippen MR) is 51.2 cm³/mol. The predicted octanol–water partition coefficient (Wildman–Crippen LogP) is 1.42. The third kappa shape index (κ3) is 2.49. The van der Waals surface area contributed by atoms with Gasteiger partial charge in [-0.1, -0.05) is 6.58 Å². The van der Waals surface area contributed by atoms with E-state index in [0.29, 0.717) is 5.57 Å². The van der Waals surface area contributed by atoms with Gasteiger partial charge >= 0.3 is 12.1 Å². The zero-order chi connectivity index (χ0) is 11.6. The number of hydrogen-bond acceptors (Lipinski definition) is 5. The first kappa shape index (κ1) is 11.6. The topological polar surface area (TPSA) is 61.8 Å². The standard InChI is InChI=1S/C10H14O5/c1-6(2)8(11)13-5-10(4)7(3)14-9(12)15-10/h7H,1,5H2,2-4H3. The number of hydrogen-bond donors (Lipinski definition) is 0. The summed E-state index contributed by atoms with van der Waals surface area (Å²) in [5.74, 6) is -0.508. The molecule has 5 heteroatoms. The number of esters is 1. The van der Waals surface area contributed by atoms with Gasteiger partial charge in [0.1, 0.15) is 12.7 Å². The Morgan fingerprint density at radius 3 is 2.67 bits per heavy atom. The molecule has 0 N–H and O–H groups in total. The summed E-state index contributed by atoms with van der Waals surface area (Å²) in [6, 6.07) is 0. The molecule has 0 aromatic rings. The van der Waals surface area contributed by atoms with Crippen LogP contribution >= 0.6 is 0 Å². The second-order valence-corrected chi connectivity index (χ2v) is 3.78. The maximum absolute atomic E-state index is 11.1. The third-order valence-electron chi connectivity index (χ3n) is 2.29. The summed E-state index contributed by atoms with van der Waals surface area (Å²) < 4.78 is 14.6. The van der Waals surface area contributed by atoms with E-state index in [9.17, 15) is 9.59 Å². The highest BCUT2D eigenvalue weighted by atomic mass is 16.8. The van der Waals surface area contributed by atoms with Crippen LogP contribution in [0.1, 0.15) is 20.8 Å². The van der Waals surface area contributed by atoms with Crippen molar-refractivity contribution in [3.8, 4) is 0 Å². The minimum atomic E-state index is -0.914. The smallest absolute Gasteiger partial charge is 0.458 e. The van der Waals surface area contributed by atoms with Gasteiger partial charge in [-0.15, -0.1) is 0 Å². The maximum atomic E-state index is 11.1. The first-order valence-electron chi connectivity index (χ1n) is 4.57. The molecule has 1 fully saturated rings. The molecular formula is C10H14O5. The summed E-state index contributed by atoms with van der Waals surface area (Å²) in [6.45, 7) is 8.28. The number of carbonyl (C=O) groups excluding carboxylic acids is 2. The zero-order valence-electron chi connectivity index (χ0n) is 9.03. The molecule has 2 unspecified atom stereocenters. The van der Waals surface area contributed by atoms with Gasteiger partial charge in [-0.3, -0.25) is 0 Å². The molecule has 5 nitrogen and oxygen atoms in total. The molecule has 0 amide bonds. The molecule has 0 aromatic heterocycles. The van der Waals surface area contributed by atoms with E-state index < -0.39 is 23.8 Å². The van der Waals surface area contributed by atoms with Crippen molar-refractivity contribution < 1.29 is 23.8 Å². The van der Waals surface area contributed by atoms with E-state index in [0.717, 1.165) is 0 Å². The van der Waals surface area contributed by atoms with Gasteiger partial charge in [-0.05, 0) is 20.8 Å². The summed E-state index contributed by atoms with van der Waals surface area (Å²) >= 11 is 0. The molecule has 1 heterocycles. The van der Waals surface area contributed by atoms with Crippen LogP contribution in [0, 0.1) is 0 Å². The fourth-order valence-electron chi connectivity index (χ4n) is 1.05. The van der Waals surface area contributed by atoms with Crippen molar-refractivity contribution in [2.24, 2.45) is 0 Å². The van der Waals surface area contributed by atoms with Gasteiger partial charge < -0.3 is 14.2 Å². The second-order valence-electron chi connectivity index (χ2n) is 3.78. The van der Waals surface area contributed by atoms with Crippen LogP contribution in [0.25, 0.3) is 0 Å². The van der Waals surface area contributed by atoms with Crippen LogP contribution < -0.4 is 0 Å².